The normalized spacial score (nSPS) is 19.5. The molecule has 1 aliphatic heterocycles. The van der Waals surface area contributed by atoms with Gasteiger partial charge in [0.15, 0.2) is 5.11 Å². The molecule has 0 aliphatic carbocycles. The van der Waals surface area contributed by atoms with Gasteiger partial charge in [0.1, 0.15) is 5.75 Å². The van der Waals surface area contributed by atoms with Gasteiger partial charge in [-0.1, -0.05) is 18.2 Å². The Morgan fingerprint density at radius 3 is 2.65 bits per heavy atom. The smallest absolute Gasteiger partial charge is 0.169 e. The van der Waals surface area contributed by atoms with Crippen LogP contribution in [-0.4, -0.2) is 33.7 Å². The van der Waals surface area contributed by atoms with E-state index in [0.29, 0.717) is 0 Å². The van der Waals surface area contributed by atoms with Crippen LogP contribution in [0.4, 0.5) is 0 Å². The Bertz CT molecular complexity index is 924. The third-order valence-corrected chi connectivity index (χ3v) is 5.17. The van der Waals surface area contributed by atoms with Gasteiger partial charge in [0.25, 0.3) is 0 Å². The molecular weight excluding hydrogens is 344 g/mol. The Labute approximate surface area is 158 Å². The number of ether oxygens (including phenoxy) is 1. The molecule has 132 valence electrons. The molecule has 1 fully saturated rings. The first-order valence-corrected chi connectivity index (χ1v) is 8.86. The fraction of sp³-hybridized carbons (Fsp3) is 0.200. The number of methoxy groups -OCH3 is 1. The Morgan fingerprint density at radius 1 is 1.08 bits per heavy atom. The number of nitrogens with zero attached hydrogens (tertiary/aromatic N) is 3. The van der Waals surface area contributed by atoms with Crippen LogP contribution in [0.5, 0.6) is 5.75 Å². The Morgan fingerprint density at radius 2 is 1.88 bits per heavy atom. The first-order chi connectivity index (χ1) is 12.7. The van der Waals surface area contributed by atoms with Crippen molar-refractivity contribution in [1.82, 2.24) is 19.8 Å². The number of nitrogens with one attached hydrogen (secondary N) is 1. The zero-order chi connectivity index (χ0) is 18.1. The maximum atomic E-state index is 5.56. The fourth-order valence-corrected chi connectivity index (χ4v) is 3.75. The summed E-state index contributed by atoms with van der Waals surface area (Å²) in [4.78, 5) is 6.64. The summed E-state index contributed by atoms with van der Waals surface area (Å²) >= 11 is 5.53. The van der Waals surface area contributed by atoms with E-state index < -0.39 is 0 Å². The number of pyridine rings is 1. The molecule has 1 N–H and O–H groups in total. The lowest BCUT2D eigenvalue weighted by Crippen LogP contribution is -2.26. The van der Waals surface area contributed by atoms with E-state index in [0.717, 1.165) is 27.9 Å². The zero-order valence-corrected chi connectivity index (χ0v) is 15.5. The summed E-state index contributed by atoms with van der Waals surface area (Å²) in [7, 11) is 3.71. The summed E-state index contributed by atoms with van der Waals surface area (Å²) in [5.74, 6) is 0.829. The number of aromatic nitrogens is 2. The van der Waals surface area contributed by atoms with Crippen molar-refractivity contribution in [2.75, 3.05) is 14.2 Å². The minimum absolute atomic E-state index is 0.0166. The molecule has 3 aromatic rings. The molecule has 0 spiro atoms. The molecule has 3 heterocycles. The van der Waals surface area contributed by atoms with Crippen LogP contribution in [0.1, 0.15) is 23.5 Å². The van der Waals surface area contributed by atoms with Crippen LogP contribution < -0.4 is 10.1 Å². The highest BCUT2D eigenvalue weighted by Gasteiger charge is 2.39. The van der Waals surface area contributed by atoms with Gasteiger partial charge in [-0.25, -0.2) is 0 Å². The van der Waals surface area contributed by atoms with E-state index >= 15 is 0 Å². The molecule has 1 aliphatic rings. The van der Waals surface area contributed by atoms with E-state index in [2.05, 4.69) is 38.1 Å². The molecule has 0 saturated carbocycles. The van der Waals surface area contributed by atoms with Crippen molar-refractivity contribution >= 4 is 17.3 Å². The molecule has 2 aromatic heterocycles. The second-order valence-electron chi connectivity index (χ2n) is 6.21. The topological polar surface area (TPSA) is 42.3 Å². The number of hydrogen-bond donors (Lipinski definition) is 1. The molecule has 26 heavy (non-hydrogen) atoms. The number of hydrogen-bond acceptors (Lipinski definition) is 3. The van der Waals surface area contributed by atoms with Crippen LogP contribution >= 0.6 is 12.2 Å². The van der Waals surface area contributed by atoms with Crippen molar-refractivity contribution in [3.05, 3.63) is 78.4 Å². The van der Waals surface area contributed by atoms with Crippen molar-refractivity contribution in [2.45, 2.75) is 12.1 Å². The minimum Gasteiger partial charge on any atom is -0.495 e. The van der Waals surface area contributed by atoms with Gasteiger partial charge in [-0.3, -0.25) is 4.98 Å². The van der Waals surface area contributed by atoms with E-state index in [4.69, 9.17) is 17.0 Å². The lowest BCUT2D eigenvalue weighted by atomic mass is 10.0. The molecule has 2 atom stereocenters. The second-order valence-corrected chi connectivity index (χ2v) is 6.60. The van der Waals surface area contributed by atoms with Crippen LogP contribution in [0.15, 0.2) is 67.0 Å². The van der Waals surface area contributed by atoms with Gasteiger partial charge in [0.2, 0.25) is 0 Å². The van der Waals surface area contributed by atoms with Crippen molar-refractivity contribution in [3.8, 4) is 11.4 Å². The number of para-hydroxylation sites is 2. The zero-order valence-electron chi connectivity index (χ0n) is 14.7. The van der Waals surface area contributed by atoms with Gasteiger partial charge in [0, 0.05) is 25.1 Å². The van der Waals surface area contributed by atoms with Crippen molar-refractivity contribution < 1.29 is 4.74 Å². The largest absolute Gasteiger partial charge is 0.495 e. The SMILES string of the molecule is COc1ccccc1-n1cccc1[C@@H]1[C@@H](c2ccccn2)NC(=S)N1C. The molecule has 0 amide bonds. The summed E-state index contributed by atoms with van der Waals surface area (Å²) in [6.45, 7) is 0. The van der Waals surface area contributed by atoms with Gasteiger partial charge in [-0.05, 0) is 48.6 Å². The van der Waals surface area contributed by atoms with Gasteiger partial charge in [-0.15, -0.1) is 0 Å². The maximum absolute atomic E-state index is 5.56. The monoisotopic (exact) mass is 364 g/mol. The molecule has 0 radical (unpaired) electrons. The highest BCUT2D eigenvalue weighted by Crippen LogP contribution is 2.39. The van der Waals surface area contributed by atoms with Crippen molar-refractivity contribution in [1.29, 1.82) is 0 Å². The molecule has 1 aromatic carbocycles. The van der Waals surface area contributed by atoms with Crippen LogP contribution in [0.2, 0.25) is 0 Å². The Balaban J connectivity index is 1.82. The predicted octanol–water partition coefficient (Wildman–Crippen LogP) is 3.48. The lowest BCUT2D eigenvalue weighted by molar-refractivity contribution is 0.355. The maximum Gasteiger partial charge on any atom is 0.169 e. The van der Waals surface area contributed by atoms with Crippen LogP contribution in [0.25, 0.3) is 5.69 Å². The molecular formula is C20H20N4OS. The average Bonchev–Trinajstić information content (AvgIpc) is 3.27. The van der Waals surface area contributed by atoms with Crippen molar-refractivity contribution in [2.24, 2.45) is 0 Å². The van der Waals surface area contributed by atoms with Crippen LogP contribution in [0.3, 0.4) is 0 Å². The van der Waals surface area contributed by atoms with E-state index in [1.165, 1.54) is 0 Å². The first kappa shape index (κ1) is 16.6. The van der Waals surface area contributed by atoms with Crippen LogP contribution in [0, 0.1) is 0 Å². The number of benzene rings is 1. The summed E-state index contributed by atoms with van der Waals surface area (Å²) in [5, 5.41) is 4.14. The van der Waals surface area contributed by atoms with Crippen LogP contribution in [-0.2, 0) is 0 Å². The van der Waals surface area contributed by atoms with Gasteiger partial charge < -0.3 is 19.5 Å². The number of thiocarbonyl (C=S) groups is 1. The second kappa shape index (κ2) is 6.80. The van der Waals surface area contributed by atoms with Gasteiger partial charge >= 0.3 is 0 Å². The molecule has 0 bridgehead atoms. The van der Waals surface area contributed by atoms with Gasteiger partial charge in [0.05, 0.1) is 30.6 Å². The highest BCUT2D eigenvalue weighted by molar-refractivity contribution is 7.80. The molecule has 0 unspecified atom stereocenters. The third kappa shape index (κ3) is 2.72. The Hall–Kier alpha value is -2.86. The predicted molar refractivity (Wildman–Crippen MR) is 106 cm³/mol. The highest BCUT2D eigenvalue weighted by atomic mass is 32.1. The number of likely N-dealkylation sites (N-methyl/N-ethyl adjacent to an activating group) is 1. The van der Waals surface area contributed by atoms with E-state index in [1.807, 2.05) is 55.7 Å². The lowest BCUT2D eigenvalue weighted by Gasteiger charge is -2.26. The third-order valence-electron chi connectivity index (χ3n) is 4.77. The molecule has 6 heteroatoms. The standard InChI is InChI=1S/C20H20N4OS/c1-23-19(18(22-20(23)26)14-8-5-6-12-21-14)16-10-7-13-24(16)15-9-3-4-11-17(15)25-2/h3-13,18-19H,1-2H3,(H,22,26)/t18-,19-/m1/s1. The molecule has 5 nitrogen and oxygen atoms in total. The number of rotatable bonds is 4. The van der Waals surface area contributed by atoms with E-state index in [9.17, 15) is 0 Å². The summed E-state index contributed by atoms with van der Waals surface area (Å²) < 4.78 is 7.72. The first-order valence-electron chi connectivity index (χ1n) is 8.45. The fourth-order valence-electron chi connectivity index (χ4n) is 3.51. The molecule has 4 rings (SSSR count). The summed E-state index contributed by atoms with van der Waals surface area (Å²) in [5.41, 5.74) is 3.10. The minimum atomic E-state index is -0.0166. The Kier molecular flexibility index (Phi) is 4.34. The molecule has 1 saturated heterocycles. The van der Waals surface area contributed by atoms with E-state index in [-0.39, 0.29) is 12.1 Å². The van der Waals surface area contributed by atoms with E-state index in [1.54, 1.807) is 7.11 Å². The van der Waals surface area contributed by atoms with Crippen molar-refractivity contribution in [3.63, 3.8) is 0 Å². The quantitative estimate of drug-likeness (QED) is 0.718. The average molecular weight is 364 g/mol. The summed E-state index contributed by atoms with van der Waals surface area (Å²) in [6.07, 6.45) is 3.87. The summed E-state index contributed by atoms with van der Waals surface area (Å²) in [6, 6.07) is 18.1. The van der Waals surface area contributed by atoms with Gasteiger partial charge in [-0.2, -0.15) is 0 Å².